The van der Waals surface area contributed by atoms with E-state index in [2.05, 4.69) is 41.7 Å². The first kappa shape index (κ1) is 18.1. The van der Waals surface area contributed by atoms with Crippen molar-refractivity contribution in [1.29, 1.82) is 0 Å². The molecule has 27 heavy (non-hydrogen) atoms. The van der Waals surface area contributed by atoms with Crippen LogP contribution in [0.2, 0.25) is 10.0 Å². The second-order valence-corrected chi connectivity index (χ2v) is 7.72. The molecule has 0 aliphatic heterocycles. The molecule has 0 radical (unpaired) electrons. The standard InChI is InChI=1S/C23H19Cl2NO/c24-18-11-10-17(20(25)14-18)13-22(27)26-21-12-16-8-4-5-9-19(16)23(21)15-6-2-1-3-7-15/h1-11,14,21,23H,12-13H2,(H,26,27). The van der Waals surface area contributed by atoms with Gasteiger partial charge in [-0.1, -0.05) is 83.9 Å². The van der Waals surface area contributed by atoms with Crippen LogP contribution in [0.25, 0.3) is 0 Å². The maximum Gasteiger partial charge on any atom is 0.224 e. The summed E-state index contributed by atoms with van der Waals surface area (Å²) in [5.74, 6) is 0.130. The van der Waals surface area contributed by atoms with Gasteiger partial charge in [0.2, 0.25) is 5.91 Å². The van der Waals surface area contributed by atoms with Gasteiger partial charge in [0.15, 0.2) is 0 Å². The van der Waals surface area contributed by atoms with Crippen molar-refractivity contribution in [3.63, 3.8) is 0 Å². The summed E-state index contributed by atoms with van der Waals surface area (Å²) in [4.78, 5) is 12.7. The highest BCUT2D eigenvalue weighted by Gasteiger charge is 2.34. The molecule has 0 bridgehead atoms. The Hall–Kier alpha value is -2.29. The maximum atomic E-state index is 12.7. The van der Waals surface area contributed by atoms with Gasteiger partial charge < -0.3 is 5.32 Å². The van der Waals surface area contributed by atoms with Crippen LogP contribution in [0.1, 0.15) is 28.2 Å². The maximum absolute atomic E-state index is 12.7. The lowest BCUT2D eigenvalue weighted by Gasteiger charge is -2.22. The summed E-state index contributed by atoms with van der Waals surface area (Å²) in [6.07, 6.45) is 1.07. The molecule has 0 spiro atoms. The molecular formula is C23H19Cl2NO. The predicted molar refractivity (Wildman–Crippen MR) is 111 cm³/mol. The Labute approximate surface area is 169 Å². The van der Waals surface area contributed by atoms with E-state index < -0.39 is 0 Å². The lowest BCUT2D eigenvalue weighted by molar-refractivity contribution is -0.121. The first-order valence-electron chi connectivity index (χ1n) is 8.98. The second kappa shape index (κ2) is 7.75. The molecule has 2 unspecified atom stereocenters. The van der Waals surface area contributed by atoms with Crippen LogP contribution in [-0.4, -0.2) is 11.9 Å². The molecule has 1 N–H and O–H groups in total. The van der Waals surface area contributed by atoms with Gasteiger partial charge in [-0.25, -0.2) is 0 Å². The van der Waals surface area contributed by atoms with Crippen molar-refractivity contribution in [2.45, 2.75) is 24.8 Å². The zero-order valence-electron chi connectivity index (χ0n) is 14.7. The van der Waals surface area contributed by atoms with Crippen molar-refractivity contribution in [2.75, 3.05) is 0 Å². The van der Waals surface area contributed by atoms with Gasteiger partial charge in [-0.15, -0.1) is 0 Å². The number of hydrogen-bond acceptors (Lipinski definition) is 1. The van der Waals surface area contributed by atoms with Crippen LogP contribution in [0.15, 0.2) is 72.8 Å². The zero-order valence-corrected chi connectivity index (χ0v) is 16.2. The van der Waals surface area contributed by atoms with Gasteiger partial charge in [0, 0.05) is 22.0 Å². The van der Waals surface area contributed by atoms with Crippen molar-refractivity contribution in [3.8, 4) is 0 Å². The Balaban J connectivity index is 1.56. The van der Waals surface area contributed by atoms with Crippen molar-refractivity contribution in [1.82, 2.24) is 5.32 Å². The molecule has 1 aliphatic rings. The van der Waals surface area contributed by atoms with Crippen LogP contribution in [0.5, 0.6) is 0 Å². The number of nitrogens with one attached hydrogen (secondary N) is 1. The first-order valence-corrected chi connectivity index (χ1v) is 9.73. The summed E-state index contributed by atoms with van der Waals surface area (Å²) < 4.78 is 0. The number of halogens is 2. The van der Waals surface area contributed by atoms with Crippen molar-refractivity contribution in [2.24, 2.45) is 0 Å². The molecule has 0 aromatic heterocycles. The van der Waals surface area contributed by atoms with E-state index in [0.717, 1.165) is 12.0 Å². The quantitative estimate of drug-likeness (QED) is 0.628. The SMILES string of the molecule is O=C(Cc1ccc(Cl)cc1Cl)NC1Cc2ccccc2C1c1ccccc1. The molecule has 4 heteroatoms. The largest absolute Gasteiger partial charge is 0.352 e. The highest BCUT2D eigenvalue weighted by atomic mass is 35.5. The Bertz CT molecular complexity index is 971. The zero-order chi connectivity index (χ0) is 18.8. The Morgan fingerprint density at radius 2 is 1.70 bits per heavy atom. The minimum Gasteiger partial charge on any atom is -0.352 e. The fourth-order valence-corrected chi connectivity index (χ4v) is 4.37. The van der Waals surface area contributed by atoms with Gasteiger partial charge in [-0.2, -0.15) is 0 Å². The topological polar surface area (TPSA) is 29.1 Å². The smallest absolute Gasteiger partial charge is 0.224 e. The summed E-state index contributed by atoms with van der Waals surface area (Å²) in [6.45, 7) is 0. The molecule has 3 aromatic carbocycles. The molecule has 0 saturated carbocycles. The summed E-state index contributed by atoms with van der Waals surface area (Å²) >= 11 is 12.2. The van der Waals surface area contributed by atoms with Gasteiger partial charge >= 0.3 is 0 Å². The fraction of sp³-hybridized carbons (Fsp3) is 0.174. The Morgan fingerprint density at radius 1 is 0.963 bits per heavy atom. The molecule has 1 amide bonds. The Morgan fingerprint density at radius 3 is 2.48 bits per heavy atom. The molecule has 0 fully saturated rings. The van der Waals surface area contributed by atoms with E-state index in [4.69, 9.17) is 23.2 Å². The van der Waals surface area contributed by atoms with E-state index in [0.29, 0.717) is 10.0 Å². The molecule has 2 atom stereocenters. The average molecular weight is 396 g/mol. The summed E-state index contributed by atoms with van der Waals surface area (Å²) in [5, 5.41) is 4.32. The van der Waals surface area contributed by atoms with Crippen molar-refractivity contribution in [3.05, 3.63) is 105 Å². The van der Waals surface area contributed by atoms with Crippen LogP contribution in [-0.2, 0) is 17.6 Å². The van der Waals surface area contributed by atoms with Gasteiger partial charge in [-0.05, 0) is 40.8 Å². The average Bonchev–Trinajstić information content (AvgIpc) is 3.02. The number of carbonyl (C=O) groups excluding carboxylic acids is 1. The van der Waals surface area contributed by atoms with Gasteiger partial charge in [0.05, 0.1) is 6.42 Å². The van der Waals surface area contributed by atoms with Crippen LogP contribution < -0.4 is 5.32 Å². The summed E-state index contributed by atoms with van der Waals surface area (Å²) in [5.41, 5.74) is 4.59. The van der Waals surface area contributed by atoms with Crippen molar-refractivity contribution >= 4 is 29.1 Å². The molecule has 1 aliphatic carbocycles. The van der Waals surface area contributed by atoms with Crippen LogP contribution >= 0.6 is 23.2 Å². The second-order valence-electron chi connectivity index (χ2n) is 6.88. The molecule has 4 rings (SSSR count). The van der Waals surface area contributed by atoms with E-state index in [1.165, 1.54) is 16.7 Å². The molecule has 3 aromatic rings. The third-order valence-electron chi connectivity index (χ3n) is 5.10. The highest BCUT2D eigenvalue weighted by molar-refractivity contribution is 6.35. The van der Waals surface area contributed by atoms with E-state index in [1.807, 2.05) is 24.3 Å². The summed E-state index contributed by atoms with van der Waals surface area (Å²) in [6, 6.07) is 24.0. The molecule has 0 heterocycles. The third kappa shape index (κ3) is 3.87. The lowest BCUT2D eigenvalue weighted by atomic mass is 9.90. The molecule has 136 valence electrons. The molecule has 0 saturated heterocycles. The predicted octanol–water partition coefficient (Wildman–Crippen LogP) is 5.41. The van der Waals surface area contributed by atoms with Crippen LogP contribution in [0.4, 0.5) is 0 Å². The number of benzene rings is 3. The number of rotatable bonds is 4. The normalized spacial score (nSPS) is 18.1. The van der Waals surface area contributed by atoms with E-state index in [1.54, 1.807) is 12.1 Å². The minimum absolute atomic E-state index is 0.0297. The minimum atomic E-state index is -0.0297. The monoisotopic (exact) mass is 395 g/mol. The van der Waals surface area contributed by atoms with Gasteiger partial charge in [0.25, 0.3) is 0 Å². The fourth-order valence-electron chi connectivity index (χ4n) is 3.90. The molecule has 2 nitrogen and oxygen atoms in total. The number of amides is 1. The highest BCUT2D eigenvalue weighted by Crippen LogP contribution is 2.38. The first-order chi connectivity index (χ1) is 13.1. The van der Waals surface area contributed by atoms with Crippen molar-refractivity contribution < 1.29 is 4.79 Å². The van der Waals surface area contributed by atoms with Crippen LogP contribution in [0.3, 0.4) is 0 Å². The number of carbonyl (C=O) groups is 1. The molecular weight excluding hydrogens is 377 g/mol. The van der Waals surface area contributed by atoms with Gasteiger partial charge in [0.1, 0.15) is 0 Å². The lowest BCUT2D eigenvalue weighted by Crippen LogP contribution is -2.39. The Kier molecular flexibility index (Phi) is 5.20. The van der Waals surface area contributed by atoms with Gasteiger partial charge in [-0.3, -0.25) is 4.79 Å². The van der Waals surface area contributed by atoms with E-state index >= 15 is 0 Å². The number of hydrogen-bond donors (Lipinski definition) is 1. The third-order valence-corrected chi connectivity index (χ3v) is 5.69. The van der Waals surface area contributed by atoms with Crippen LogP contribution in [0, 0.1) is 0 Å². The summed E-state index contributed by atoms with van der Waals surface area (Å²) in [7, 11) is 0. The van der Waals surface area contributed by atoms with E-state index in [9.17, 15) is 4.79 Å². The number of fused-ring (bicyclic) bond motifs is 1. The van der Waals surface area contributed by atoms with E-state index in [-0.39, 0.29) is 24.3 Å².